The van der Waals surface area contributed by atoms with E-state index in [4.69, 9.17) is 10.1 Å². The molecule has 0 spiro atoms. The molecule has 1 saturated heterocycles. The first-order chi connectivity index (χ1) is 14.7. The van der Waals surface area contributed by atoms with E-state index in [1.54, 1.807) is 18.3 Å². The number of aromatic nitrogens is 3. The van der Waals surface area contributed by atoms with Gasteiger partial charge in [-0.25, -0.2) is 13.9 Å². The van der Waals surface area contributed by atoms with E-state index in [9.17, 15) is 9.18 Å². The Hall–Kier alpha value is -2.96. The molecule has 1 aromatic carbocycles. The average molecular weight is 407 g/mol. The van der Waals surface area contributed by atoms with Gasteiger partial charge in [-0.1, -0.05) is 12.1 Å². The molecule has 3 heterocycles. The molecule has 156 valence electrons. The molecule has 2 aliphatic rings. The zero-order valence-corrected chi connectivity index (χ0v) is 17.0. The molecule has 2 aromatic heterocycles. The Morgan fingerprint density at radius 1 is 1.17 bits per heavy atom. The van der Waals surface area contributed by atoms with Crippen molar-refractivity contribution in [1.29, 1.82) is 0 Å². The van der Waals surface area contributed by atoms with Gasteiger partial charge in [-0.05, 0) is 56.2 Å². The van der Waals surface area contributed by atoms with Crippen LogP contribution in [-0.2, 0) is 24.2 Å². The Morgan fingerprint density at radius 3 is 2.87 bits per heavy atom. The van der Waals surface area contributed by atoms with E-state index in [0.29, 0.717) is 13.1 Å². The van der Waals surface area contributed by atoms with Gasteiger partial charge in [0.1, 0.15) is 11.3 Å². The lowest BCUT2D eigenvalue weighted by Gasteiger charge is -2.33. The van der Waals surface area contributed by atoms with Crippen LogP contribution < -0.4 is 10.2 Å². The number of amides is 1. The van der Waals surface area contributed by atoms with Gasteiger partial charge in [-0.3, -0.25) is 4.79 Å². The number of rotatable bonds is 4. The highest BCUT2D eigenvalue weighted by Gasteiger charge is 2.29. The molecule has 0 bridgehead atoms. The molecule has 6 nitrogen and oxygen atoms in total. The van der Waals surface area contributed by atoms with Crippen LogP contribution in [0, 0.1) is 11.7 Å². The number of hydrogen-bond donors (Lipinski definition) is 1. The second-order valence-electron chi connectivity index (χ2n) is 8.31. The molecule has 1 atom stereocenters. The first-order valence-electron chi connectivity index (χ1n) is 10.8. The lowest BCUT2D eigenvalue weighted by molar-refractivity contribution is -0.125. The molecule has 1 fully saturated rings. The summed E-state index contributed by atoms with van der Waals surface area (Å²) >= 11 is 0. The average Bonchev–Trinajstić information content (AvgIpc) is 3.17. The van der Waals surface area contributed by atoms with Gasteiger partial charge in [-0.2, -0.15) is 5.10 Å². The maximum absolute atomic E-state index is 13.1. The van der Waals surface area contributed by atoms with Crippen LogP contribution >= 0.6 is 0 Å². The van der Waals surface area contributed by atoms with Crippen molar-refractivity contribution in [2.24, 2.45) is 5.92 Å². The van der Waals surface area contributed by atoms with Crippen molar-refractivity contribution in [2.45, 2.75) is 45.1 Å². The van der Waals surface area contributed by atoms with E-state index in [1.165, 1.54) is 36.2 Å². The number of halogens is 1. The van der Waals surface area contributed by atoms with Crippen molar-refractivity contribution in [3.05, 3.63) is 59.3 Å². The number of fused-ring (bicyclic) bond motifs is 3. The molecule has 1 aliphatic carbocycles. The summed E-state index contributed by atoms with van der Waals surface area (Å²) in [5.74, 6) is 0.646. The quantitative estimate of drug-likeness (QED) is 0.721. The molecule has 1 amide bonds. The molecule has 3 aromatic rings. The van der Waals surface area contributed by atoms with Gasteiger partial charge in [0, 0.05) is 37.6 Å². The molecular weight excluding hydrogens is 381 g/mol. The minimum Gasteiger partial charge on any atom is -0.354 e. The van der Waals surface area contributed by atoms with E-state index in [2.05, 4.69) is 10.2 Å². The Bertz CT molecular complexity index is 1060. The molecular formula is C23H26FN5O. The summed E-state index contributed by atoms with van der Waals surface area (Å²) in [6, 6.07) is 6.25. The van der Waals surface area contributed by atoms with Crippen molar-refractivity contribution in [1.82, 2.24) is 19.9 Å². The van der Waals surface area contributed by atoms with E-state index in [1.807, 2.05) is 10.7 Å². The number of anilines is 1. The second kappa shape index (κ2) is 8.05. The summed E-state index contributed by atoms with van der Waals surface area (Å²) in [6.45, 7) is 1.97. The van der Waals surface area contributed by atoms with Crippen LogP contribution in [0.3, 0.4) is 0 Å². The highest BCUT2D eigenvalue weighted by Crippen LogP contribution is 2.32. The van der Waals surface area contributed by atoms with Crippen LogP contribution in [0.4, 0.5) is 10.2 Å². The fourth-order valence-electron chi connectivity index (χ4n) is 4.70. The van der Waals surface area contributed by atoms with Gasteiger partial charge in [0.2, 0.25) is 5.91 Å². The number of aryl methyl sites for hydroxylation is 2. The van der Waals surface area contributed by atoms with E-state index in [0.717, 1.165) is 49.1 Å². The highest BCUT2D eigenvalue weighted by atomic mass is 19.1. The number of carbonyl (C=O) groups is 1. The number of piperidine rings is 1. The molecule has 1 aliphatic heterocycles. The van der Waals surface area contributed by atoms with Gasteiger partial charge in [0.15, 0.2) is 5.82 Å². The highest BCUT2D eigenvalue weighted by molar-refractivity contribution is 5.80. The standard InChI is InChI=1S/C23H26FN5O/c24-18-9-7-16(8-10-18)14-26-23(30)17-4-3-12-28(15-17)22-21-19-5-1-2-6-20(19)27-29(21)13-11-25-22/h7-11,13,17H,1-6,12,14-15H2,(H,26,30)/t17-/m1/s1. The molecule has 1 N–H and O–H groups in total. The number of carbonyl (C=O) groups excluding carboxylic acids is 1. The SMILES string of the molecule is O=C(NCc1ccc(F)cc1)[C@@H]1CCCN(c2nccn3nc4c(c23)CCCC4)C1. The molecule has 0 radical (unpaired) electrons. The molecule has 5 rings (SSSR count). The second-order valence-corrected chi connectivity index (χ2v) is 8.31. The number of hydrogen-bond acceptors (Lipinski definition) is 4. The van der Waals surface area contributed by atoms with Crippen LogP contribution in [0.1, 0.15) is 42.5 Å². The largest absolute Gasteiger partial charge is 0.354 e. The Morgan fingerprint density at radius 2 is 2.00 bits per heavy atom. The monoisotopic (exact) mass is 407 g/mol. The third-order valence-corrected chi connectivity index (χ3v) is 6.27. The predicted molar refractivity (Wildman–Crippen MR) is 113 cm³/mol. The van der Waals surface area contributed by atoms with E-state index in [-0.39, 0.29) is 17.6 Å². The predicted octanol–water partition coefficient (Wildman–Crippen LogP) is 3.28. The summed E-state index contributed by atoms with van der Waals surface area (Å²) in [7, 11) is 0. The minimum absolute atomic E-state index is 0.0477. The molecule has 7 heteroatoms. The summed E-state index contributed by atoms with van der Waals surface area (Å²) in [4.78, 5) is 19.8. The van der Waals surface area contributed by atoms with Crippen molar-refractivity contribution in [3.8, 4) is 0 Å². The first-order valence-corrected chi connectivity index (χ1v) is 10.8. The Labute approximate surface area is 175 Å². The summed E-state index contributed by atoms with van der Waals surface area (Å²) in [6.07, 6.45) is 10.0. The van der Waals surface area contributed by atoms with Gasteiger partial charge in [-0.15, -0.1) is 0 Å². The zero-order valence-electron chi connectivity index (χ0n) is 17.0. The van der Waals surface area contributed by atoms with Crippen LogP contribution in [0.2, 0.25) is 0 Å². The van der Waals surface area contributed by atoms with E-state index >= 15 is 0 Å². The normalized spacial score (nSPS) is 19.0. The first kappa shape index (κ1) is 19.0. The maximum Gasteiger partial charge on any atom is 0.225 e. The number of benzene rings is 1. The fraction of sp³-hybridized carbons (Fsp3) is 0.435. The smallest absolute Gasteiger partial charge is 0.225 e. The summed E-state index contributed by atoms with van der Waals surface area (Å²) in [5.41, 5.74) is 4.53. The third-order valence-electron chi connectivity index (χ3n) is 6.27. The molecule has 30 heavy (non-hydrogen) atoms. The van der Waals surface area contributed by atoms with Crippen molar-refractivity contribution in [3.63, 3.8) is 0 Å². The topological polar surface area (TPSA) is 62.5 Å². The van der Waals surface area contributed by atoms with Gasteiger partial charge >= 0.3 is 0 Å². The van der Waals surface area contributed by atoms with Crippen molar-refractivity contribution >= 4 is 17.2 Å². The molecule has 0 unspecified atom stereocenters. The van der Waals surface area contributed by atoms with E-state index < -0.39 is 0 Å². The lowest BCUT2D eigenvalue weighted by atomic mass is 9.95. The zero-order chi connectivity index (χ0) is 20.5. The van der Waals surface area contributed by atoms with Crippen molar-refractivity contribution < 1.29 is 9.18 Å². The minimum atomic E-state index is -0.267. The number of nitrogens with one attached hydrogen (secondary N) is 1. The van der Waals surface area contributed by atoms with Gasteiger partial charge in [0.05, 0.1) is 11.6 Å². The van der Waals surface area contributed by atoms with Crippen molar-refractivity contribution in [2.75, 3.05) is 18.0 Å². The fourth-order valence-corrected chi connectivity index (χ4v) is 4.70. The van der Waals surface area contributed by atoms with Gasteiger partial charge in [0.25, 0.3) is 0 Å². The summed E-state index contributed by atoms with van der Waals surface area (Å²) < 4.78 is 15.0. The van der Waals surface area contributed by atoms with Crippen LogP contribution in [-0.4, -0.2) is 33.6 Å². The maximum atomic E-state index is 13.1. The Kier molecular flexibility index (Phi) is 5.11. The van der Waals surface area contributed by atoms with Crippen LogP contribution in [0.15, 0.2) is 36.7 Å². The molecule has 0 saturated carbocycles. The number of nitrogens with zero attached hydrogens (tertiary/aromatic N) is 4. The van der Waals surface area contributed by atoms with Crippen LogP contribution in [0.5, 0.6) is 0 Å². The summed E-state index contributed by atoms with van der Waals surface area (Å²) in [5, 5.41) is 7.79. The Balaban J connectivity index is 1.32. The lowest BCUT2D eigenvalue weighted by Crippen LogP contribution is -2.43. The van der Waals surface area contributed by atoms with Gasteiger partial charge < -0.3 is 10.2 Å². The van der Waals surface area contributed by atoms with Crippen LogP contribution in [0.25, 0.3) is 5.52 Å². The third kappa shape index (κ3) is 3.64.